The molecule has 0 aliphatic rings. The molecule has 1 heterocycles. The van der Waals surface area contributed by atoms with Gasteiger partial charge in [0.05, 0.1) is 12.4 Å². The molecule has 6 heteroatoms. The van der Waals surface area contributed by atoms with Gasteiger partial charge in [-0.25, -0.2) is 10.8 Å². The van der Waals surface area contributed by atoms with Crippen LogP contribution in [0.5, 0.6) is 0 Å². The number of nitrogens with two attached hydrogens (primary N) is 1. The van der Waals surface area contributed by atoms with E-state index in [4.69, 9.17) is 5.84 Å². The second kappa shape index (κ2) is 8.18. The fourth-order valence-corrected chi connectivity index (χ4v) is 1.78. The largest absolute Gasteiger partial charge is 0.369 e. The maximum Gasteiger partial charge on any atom is 0.160 e. The second-order valence-corrected chi connectivity index (χ2v) is 4.40. The van der Waals surface area contributed by atoms with E-state index in [-0.39, 0.29) is 0 Å². The molecule has 0 radical (unpaired) electrons. The van der Waals surface area contributed by atoms with E-state index < -0.39 is 0 Å². The van der Waals surface area contributed by atoms with Crippen LogP contribution < -0.4 is 16.6 Å². The lowest BCUT2D eigenvalue weighted by atomic mass is 10.2. The fraction of sp³-hybridized carbons (Fsp3) is 0.600. The lowest BCUT2D eigenvalue weighted by molar-refractivity contribution is 0.748. The van der Waals surface area contributed by atoms with E-state index in [1.54, 1.807) is 12.4 Å². The van der Waals surface area contributed by atoms with Crippen molar-refractivity contribution in [1.29, 1.82) is 0 Å². The van der Waals surface area contributed by atoms with Crippen LogP contribution in [0.25, 0.3) is 0 Å². The molecule has 5 nitrogen and oxygen atoms in total. The van der Waals surface area contributed by atoms with Gasteiger partial charge in [0.15, 0.2) is 5.82 Å². The number of nitrogen functional groups attached to an aromatic ring is 1. The molecule has 0 fully saturated rings. The number of hydrazine groups is 1. The molecule has 16 heavy (non-hydrogen) atoms. The van der Waals surface area contributed by atoms with Crippen molar-refractivity contribution < 1.29 is 0 Å². The van der Waals surface area contributed by atoms with Gasteiger partial charge in [0.25, 0.3) is 0 Å². The van der Waals surface area contributed by atoms with Crippen LogP contribution in [0.3, 0.4) is 0 Å². The molecule has 0 atom stereocenters. The minimum atomic E-state index is 0.576. The van der Waals surface area contributed by atoms with Gasteiger partial charge in [0, 0.05) is 6.54 Å². The first kappa shape index (κ1) is 13.1. The third-order valence-corrected chi connectivity index (χ3v) is 2.81. The molecule has 0 amide bonds. The summed E-state index contributed by atoms with van der Waals surface area (Å²) in [5, 5.41) is 3.22. The molecule has 0 saturated heterocycles. The number of hydrogen-bond donors (Lipinski definition) is 3. The Morgan fingerprint density at radius 3 is 2.81 bits per heavy atom. The number of thioether (sulfide) groups is 1. The Hall–Kier alpha value is -1.01. The first-order chi connectivity index (χ1) is 7.86. The van der Waals surface area contributed by atoms with E-state index in [2.05, 4.69) is 27.0 Å². The molecule has 0 aromatic carbocycles. The van der Waals surface area contributed by atoms with E-state index in [0.717, 1.165) is 18.8 Å². The van der Waals surface area contributed by atoms with Gasteiger partial charge >= 0.3 is 0 Å². The Kier molecular flexibility index (Phi) is 6.67. The number of rotatable bonds is 8. The van der Waals surface area contributed by atoms with E-state index in [1.165, 1.54) is 18.6 Å². The zero-order chi connectivity index (χ0) is 11.6. The number of hydrogen-bond acceptors (Lipinski definition) is 6. The number of aromatic nitrogens is 2. The molecule has 0 unspecified atom stereocenters. The average Bonchev–Trinajstić information content (AvgIpc) is 2.34. The van der Waals surface area contributed by atoms with Crippen molar-refractivity contribution in [2.75, 3.05) is 29.3 Å². The summed E-state index contributed by atoms with van der Waals surface area (Å²) in [5.74, 6) is 7.83. The lowest BCUT2D eigenvalue weighted by Gasteiger charge is -2.06. The molecule has 4 N–H and O–H groups in total. The minimum absolute atomic E-state index is 0.576. The van der Waals surface area contributed by atoms with Gasteiger partial charge < -0.3 is 10.7 Å². The van der Waals surface area contributed by atoms with Crippen LogP contribution in [0, 0.1) is 0 Å². The highest BCUT2D eigenvalue weighted by molar-refractivity contribution is 7.98. The van der Waals surface area contributed by atoms with Crippen molar-refractivity contribution in [1.82, 2.24) is 9.97 Å². The van der Waals surface area contributed by atoms with Crippen LogP contribution in [0.1, 0.15) is 19.3 Å². The summed E-state index contributed by atoms with van der Waals surface area (Å²) in [5.41, 5.74) is 2.47. The lowest BCUT2D eigenvalue weighted by Crippen LogP contribution is -2.11. The summed E-state index contributed by atoms with van der Waals surface area (Å²) in [7, 11) is 0. The van der Waals surface area contributed by atoms with Crippen molar-refractivity contribution in [2.24, 2.45) is 5.84 Å². The summed E-state index contributed by atoms with van der Waals surface area (Å²) in [6.45, 7) is 0.928. The summed E-state index contributed by atoms with van der Waals surface area (Å²) in [6, 6.07) is 0. The molecule has 0 spiro atoms. The smallest absolute Gasteiger partial charge is 0.160 e. The van der Waals surface area contributed by atoms with Crippen LogP contribution >= 0.6 is 11.8 Å². The first-order valence-electron chi connectivity index (χ1n) is 5.38. The average molecular weight is 241 g/mol. The molecule has 0 aliphatic carbocycles. The maximum absolute atomic E-state index is 5.25. The van der Waals surface area contributed by atoms with Crippen molar-refractivity contribution in [3.05, 3.63) is 12.4 Å². The summed E-state index contributed by atoms with van der Waals surface area (Å²) in [4.78, 5) is 8.22. The standard InChI is InChI=1S/C10H19N5S/c1-16-6-4-2-3-5-13-9-7-12-8-10(14-9)15-11/h7-8H,2-6,11H2,1H3,(H2,13,14,15). The molecule has 0 aliphatic heterocycles. The highest BCUT2D eigenvalue weighted by Crippen LogP contribution is 2.06. The molecule has 90 valence electrons. The van der Waals surface area contributed by atoms with Crippen LogP contribution in [-0.4, -0.2) is 28.5 Å². The molecular weight excluding hydrogens is 222 g/mol. The van der Waals surface area contributed by atoms with Crippen molar-refractivity contribution in [3.8, 4) is 0 Å². The zero-order valence-electron chi connectivity index (χ0n) is 9.57. The van der Waals surface area contributed by atoms with E-state index in [9.17, 15) is 0 Å². The van der Waals surface area contributed by atoms with Gasteiger partial charge in [-0.15, -0.1) is 0 Å². The van der Waals surface area contributed by atoms with Crippen LogP contribution in [0.4, 0.5) is 11.6 Å². The van der Waals surface area contributed by atoms with Crippen LogP contribution in [0.15, 0.2) is 12.4 Å². The molecule has 1 aromatic rings. The maximum atomic E-state index is 5.25. The van der Waals surface area contributed by atoms with Crippen LogP contribution in [-0.2, 0) is 0 Å². The monoisotopic (exact) mass is 241 g/mol. The molecular formula is C10H19N5S. The quantitative estimate of drug-likeness (QED) is 0.365. The molecule has 1 aromatic heterocycles. The Balaban J connectivity index is 2.16. The number of unbranched alkanes of at least 4 members (excludes halogenated alkanes) is 2. The zero-order valence-corrected chi connectivity index (χ0v) is 10.4. The minimum Gasteiger partial charge on any atom is -0.369 e. The van der Waals surface area contributed by atoms with Gasteiger partial charge in [0.2, 0.25) is 0 Å². The summed E-state index contributed by atoms with van der Waals surface area (Å²) >= 11 is 1.90. The fourth-order valence-electron chi connectivity index (χ4n) is 1.29. The normalized spacial score (nSPS) is 10.1. The summed E-state index contributed by atoms with van der Waals surface area (Å²) in [6.07, 6.45) is 9.10. The Morgan fingerprint density at radius 1 is 1.25 bits per heavy atom. The molecule has 0 bridgehead atoms. The first-order valence-corrected chi connectivity index (χ1v) is 6.77. The van der Waals surface area contributed by atoms with Gasteiger partial charge in [0.1, 0.15) is 5.82 Å². The van der Waals surface area contributed by atoms with Crippen LogP contribution in [0.2, 0.25) is 0 Å². The summed E-state index contributed by atoms with van der Waals surface area (Å²) < 4.78 is 0. The number of anilines is 2. The molecule has 1 rings (SSSR count). The van der Waals surface area contributed by atoms with Gasteiger partial charge in [-0.05, 0) is 24.9 Å². The van der Waals surface area contributed by atoms with E-state index >= 15 is 0 Å². The Labute approximate surface area is 101 Å². The highest BCUT2D eigenvalue weighted by Gasteiger charge is 1.96. The van der Waals surface area contributed by atoms with Crippen molar-refractivity contribution in [3.63, 3.8) is 0 Å². The van der Waals surface area contributed by atoms with Gasteiger partial charge in [-0.3, -0.25) is 4.98 Å². The van der Waals surface area contributed by atoms with Crippen molar-refractivity contribution in [2.45, 2.75) is 19.3 Å². The van der Waals surface area contributed by atoms with Gasteiger partial charge in [-0.1, -0.05) is 6.42 Å². The Bertz CT molecular complexity index is 294. The predicted octanol–water partition coefficient (Wildman–Crippen LogP) is 1.71. The van der Waals surface area contributed by atoms with E-state index in [1.807, 2.05) is 11.8 Å². The number of nitrogens with zero attached hydrogens (tertiary/aromatic N) is 2. The third-order valence-electron chi connectivity index (χ3n) is 2.11. The van der Waals surface area contributed by atoms with Crippen molar-refractivity contribution >= 4 is 23.4 Å². The third kappa shape index (κ3) is 5.18. The molecule has 0 saturated carbocycles. The highest BCUT2D eigenvalue weighted by atomic mass is 32.2. The van der Waals surface area contributed by atoms with Gasteiger partial charge in [-0.2, -0.15) is 11.8 Å². The Morgan fingerprint density at radius 2 is 2.06 bits per heavy atom. The number of nitrogens with one attached hydrogen (secondary N) is 2. The predicted molar refractivity (Wildman–Crippen MR) is 70.6 cm³/mol. The van der Waals surface area contributed by atoms with E-state index in [0.29, 0.717) is 5.82 Å². The second-order valence-electron chi connectivity index (χ2n) is 3.41. The SMILES string of the molecule is CSCCCCCNc1cncc(NN)n1. The topological polar surface area (TPSA) is 75.9 Å².